The largest absolute Gasteiger partial charge is 0.339 e. The van der Waals surface area contributed by atoms with Crippen LogP contribution in [-0.2, 0) is 0 Å². The summed E-state index contributed by atoms with van der Waals surface area (Å²) >= 11 is 3.09. The highest BCUT2D eigenvalue weighted by Crippen LogP contribution is 2.26. The average molecular weight is 418 g/mol. The van der Waals surface area contributed by atoms with E-state index >= 15 is 0 Å². The first-order valence-electron chi connectivity index (χ1n) is 8.10. The Hall–Kier alpha value is -2.74. The highest BCUT2D eigenvalue weighted by molar-refractivity contribution is 9.10. The number of carbonyl (C=O) groups is 2. The SMILES string of the molecule is O=C(Nc1ccc(C(=O)N2CCCC2)cc1)c1ccc(Br)c([N+](=O)[O-])c1. The lowest BCUT2D eigenvalue weighted by molar-refractivity contribution is -0.385. The Morgan fingerprint density at radius 2 is 1.65 bits per heavy atom. The molecule has 0 atom stereocenters. The highest BCUT2D eigenvalue weighted by atomic mass is 79.9. The fourth-order valence-electron chi connectivity index (χ4n) is 2.80. The zero-order chi connectivity index (χ0) is 18.7. The Morgan fingerprint density at radius 1 is 1.04 bits per heavy atom. The number of nitrogens with one attached hydrogen (secondary N) is 1. The smallest absolute Gasteiger partial charge is 0.284 e. The summed E-state index contributed by atoms with van der Waals surface area (Å²) in [4.78, 5) is 36.8. The van der Waals surface area contributed by atoms with E-state index in [-0.39, 0.29) is 17.2 Å². The molecule has 26 heavy (non-hydrogen) atoms. The molecule has 7 nitrogen and oxygen atoms in total. The first-order valence-corrected chi connectivity index (χ1v) is 8.89. The second-order valence-corrected chi connectivity index (χ2v) is 6.81. The molecule has 0 aliphatic carbocycles. The first-order chi connectivity index (χ1) is 12.5. The molecule has 2 amide bonds. The van der Waals surface area contributed by atoms with E-state index in [0.29, 0.717) is 15.7 Å². The van der Waals surface area contributed by atoms with E-state index in [1.807, 2.05) is 4.90 Å². The van der Waals surface area contributed by atoms with Crippen molar-refractivity contribution in [2.75, 3.05) is 18.4 Å². The lowest BCUT2D eigenvalue weighted by Gasteiger charge is -2.15. The van der Waals surface area contributed by atoms with Crippen LogP contribution in [0.25, 0.3) is 0 Å². The molecule has 2 aromatic carbocycles. The summed E-state index contributed by atoms with van der Waals surface area (Å²) in [5.74, 6) is -0.469. The van der Waals surface area contributed by atoms with Crippen LogP contribution >= 0.6 is 15.9 Å². The van der Waals surface area contributed by atoms with E-state index in [1.54, 1.807) is 24.3 Å². The number of hydrogen-bond donors (Lipinski definition) is 1. The monoisotopic (exact) mass is 417 g/mol. The number of likely N-dealkylation sites (tertiary alicyclic amines) is 1. The van der Waals surface area contributed by atoms with Crippen LogP contribution in [0.1, 0.15) is 33.6 Å². The number of nitrogens with zero attached hydrogens (tertiary/aromatic N) is 2. The maximum absolute atomic E-state index is 12.3. The van der Waals surface area contributed by atoms with Gasteiger partial charge in [0.1, 0.15) is 0 Å². The lowest BCUT2D eigenvalue weighted by Crippen LogP contribution is -2.27. The molecular weight excluding hydrogens is 402 g/mol. The molecule has 8 heteroatoms. The second-order valence-electron chi connectivity index (χ2n) is 5.95. The number of amides is 2. The minimum Gasteiger partial charge on any atom is -0.339 e. The van der Waals surface area contributed by atoms with Gasteiger partial charge in [-0.05, 0) is 65.2 Å². The maximum atomic E-state index is 12.3. The van der Waals surface area contributed by atoms with Crippen LogP contribution in [0.15, 0.2) is 46.9 Å². The van der Waals surface area contributed by atoms with Crippen LogP contribution in [0, 0.1) is 10.1 Å². The number of halogens is 1. The van der Waals surface area contributed by atoms with Gasteiger partial charge in [0.15, 0.2) is 0 Å². The number of benzene rings is 2. The quantitative estimate of drug-likeness (QED) is 0.603. The summed E-state index contributed by atoms with van der Waals surface area (Å²) in [7, 11) is 0. The summed E-state index contributed by atoms with van der Waals surface area (Å²) < 4.78 is 0.309. The second kappa shape index (κ2) is 7.65. The fourth-order valence-corrected chi connectivity index (χ4v) is 3.19. The average Bonchev–Trinajstić information content (AvgIpc) is 3.16. The fraction of sp³-hybridized carbons (Fsp3) is 0.222. The third-order valence-electron chi connectivity index (χ3n) is 4.19. The van der Waals surface area contributed by atoms with E-state index in [0.717, 1.165) is 25.9 Å². The van der Waals surface area contributed by atoms with Gasteiger partial charge in [0, 0.05) is 36.0 Å². The molecule has 3 rings (SSSR count). The molecule has 0 spiro atoms. The summed E-state index contributed by atoms with van der Waals surface area (Å²) in [5.41, 5.74) is 1.09. The van der Waals surface area contributed by atoms with Crippen molar-refractivity contribution in [3.8, 4) is 0 Å². The van der Waals surface area contributed by atoms with Crippen LogP contribution in [0.4, 0.5) is 11.4 Å². The van der Waals surface area contributed by atoms with Crippen molar-refractivity contribution in [3.05, 3.63) is 68.2 Å². The van der Waals surface area contributed by atoms with E-state index in [4.69, 9.17) is 0 Å². The van der Waals surface area contributed by atoms with Crippen LogP contribution in [0.2, 0.25) is 0 Å². The number of nitro groups is 1. The lowest BCUT2D eigenvalue weighted by atomic mass is 10.1. The zero-order valence-electron chi connectivity index (χ0n) is 13.8. The van der Waals surface area contributed by atoms with Gasteiger partial charge in [-0.3, -0.25) is 19.7 Å². The summed E-state index contributed by atoms with van der Waals surface area (Å²) in [5, 5.41) is 13.7. The number of anilines is 1. The third kappa shape index (κ3) is 3.91. The molecule has 1 fully saturated rings. The van der Waals surface area contributed by atoms with E-state index in [2.05, 4.69) is 21.2 Å². The predicted octanol–water partition coefficient (Wildman–Crippen LogP) is 3.85. The summed E-state index contributed by atoms with van der Waals surface area (Å²) in [6.45, 7) is 1.55. The molecule has 0 saturated carbocycles. The van der Waals surface area contributed by atoms with Gasteiger partial charge in [-0.2, -0.15) is 0 Å². The first kappa shape index (κ1) is 18.1. The Labute approximate surface area is 158 Å². The molecule has 0 aromatic heterocycles. The van der Waals surface area contributed by atoms with Crippen molar-refractivity contribution in [2.45, 2.75) is 12.8 Å². The van der Waals surface area contributed by atoms with Gasteiger partial charge in [-0.15, -0.1) is 0 Å². The third-order valence-corrected chi connectivity index (χ3v) is 4.86. The predicted molar refractivity (Wildman–Crippen MR) is 100 cm³/mol. The van der Waals surface area contributed by atoms with Crippen LogP contribution < -0.4 is 5.32 Å². The Morgan fingerprint density at radius 3 is 2.27 bits per heavy atom. The number of rotatable bonds is 4. The van der Waals surface area contributed by atoms with Crippen LogP contribution in [0.5, 0.6) is 0 Å². The van der Waals surface area contributed by atoms with Gasteiger partial charge in [0.25, 0.3) is 17.5 Å². The van der Waals surface area contributed by atoms with Gasteiger partial charge >= 0.3 is 0 Å². The molecule has 2 aromatic rings. The molecule has 0 bridgehead atoms. The Kier molecular flexibility index (Phi) is 5.32. The molecule has 1 aliphatic heterocycles. The molecule has 1 saturated heterocycles. The molecule has 1 N–H and O–H groups in total. The molecule has 0 radical (unpaired) electrons. The number of carbonyl (C=O) groups excluding carboxylic acids is 2. The minimum atomic E-state index is -0.556. The normalized spacial score (nSPS) is 13.5. The van der Waals surface area contributed by atoms with Gasteiger partial charge in [-0.1, -0.05) is 0 Å². The standard InChI is InChI=1S/C18H16BrN3O4/c19-15-8-5-13(11-16(15)22(25)26)17(23)20-14-6-3-12(4-7-14)18(24)21-9-1-2-10-21/h3-8,11H,1-2,9-10H2,(H,20,23). The van der Waals surface area contributed by atoms with Crippen molar-refractivity contribution in [1.82, 2.24) is 4.90 Å². The van der Waals surface area contributed by atoms with Crippen molar-refractivity contribution < 1.29 is 14.5 Å². The highest BCUT2D eigenvalue weighted by Gasteiger charge is 2.19. The van der Waals surface area contributed by atoms with E-state index in [9.17, 15) is 19.7 Å². The minimum absolute atomic E-state index is 0.0103. The number of nitro benzene ring substituents is 1. The van der Waals surface area contributed by atoms with Crippen molar-refractivity contribution in [1.29, 1.82) is 0 Å². The van der Waals surface area contributed by atoms with Gasteiger partial charge in [-0.25, -0.2) is 0 Å². The van der Waals surface area contributed by atoms with Crippen LogP contribution in [0.3, 0.4) is 0 Å². The summed E-state index contributed by atoms with van der Waals surface area (Å²) in [6, 6.07) is 10.8. The molecule has 134 valence electrons. The molecule has 1 aliphatic rings. The van der Waals surface area contributed by atoms with Crippen molar-refractivity contribution in [2.24, 2.45) is 0 Å². The molecule has 1 heterocycles. The zero-order valence-corrected chi connectivity index (χ0v) is 15.4. The maximum Gasteiger partial charge on any atom is 0.284 e. The Balaban J connectivity index is 1.71. The number of hydrogen-bond acceptors (Lipinski definition) is 4. The van der Waals surface area contributed by atoms with Gasteiger partial charge in [0.2, 0.25) is 0 Å². The Bertz CT molecular complexity index is 861. The van der Waals surface area contributed by atoms with Gasteiger partial charge in [0.05, 0.1) is 9.40 Å². The van der Waals surface area contributed by atoms with E-state index < -0.39 is 10.8 Å². The van der Waals surface area contributed by atoms with Crippen molar-refractivity contribution in [3.63, 3.8) is 0 Å². The van der Waals surface area contributed by atoms with Crippen LogP contribution in [-0.4, -0.2) is 34.7 Å². The van der Waals surface area contributed by atoms with E-state index in [1.165, 1.54) is 18.2 Å². The topological polar surface area (TPSA) is 92.6 Å². The summed E-state index contributed by atoms with van der Waals surface area (Å²) in [6.07, 6.45) is 2.05. The molecule has 0 unspecified atom stereocenters. The molecular formula is C18H16BrN3O4. The van der Waals surface area contributed by atoms with Crippen molar-refractivity contribution >= 4 is 39.1 Å². The van der Waals surface area contributed by atoms with Gasteiger partial charge < -0.3 is 10.2 Å².